The number of anilines is 1. The Morgan fingerprint density at radius 1 is 1.62 bits per heavy atom. The van der Waals surface area contributed by atoms with Crippen LogP contribution in [-0.2, 0) is 0 Å². The fourth-order valence-electron chi connectivity index (χ4n) is 0.728. The molecule has 0 radical (unpaired) electrons. The molecule has 0 aliphatic heterocycles. The summed E-state index contributed by atoms with van der Waals surface area (Å²) in [5.74, 6) is 0.584. The second-order valence-electron chi connectivity index (χ2n) is 2.36. The van der Waals surface area contributed by atoms with Gasteiger partial charge in [0.1, 0.15) is 17.7 Å². The molecule has 5 nitrogen and oxygen atoms in total. The molecule has 1 aromatic rings. The van der Waals surface area contributed by atoms with Crippen LogP contribution < -0.4 is 5.32 Å². The molecule has 13 heavy (non-hydrogen) atoms. The predicted molar refractivity (Wildman–Crippen MR) is 46.3 cm³/mol. The second-order valence-corrected chi connectivity index (χ2v) is 2.36. The van der Waals surface area contributed by atoms with Crippen LogP contribution in [0.4, 0.5) is 5.82 Å². The number of hydrogen-bond acceptors (Lipinski definition) is 4. The quantitative estimate of drug-likeness (QED) is 0.654. The molecule has 1 heterocycles. The summed E-state index contributed by atoms with van der Waals surface area (Å²) in [6.45, 7) is 1.86. The number of rotatable bonds is 2. The maximum atomic E-state index is 8.40. The molecular weight excluding hydrogens is 166 g/mol. The van der Waals surface area contributed by atoms with E-state index in [1.54, 1.807) is 18.2 Å². The SMILES string of the molecule is Cc1cc(NC=C(C#N)C#N)n[nH]1. The third-order valence-electron chi connectivity index (χ3n) is 1.31. The zero-order valence-electron chi connectivity index (χ0n) is 7.00. The largest absolute Gasteiger partial charge is 0.343 e. The third-order valence-corrected chi connectivity index (χ3v) is 1.31. The van der Waals surface area contributed by atoms with Crippen molar-refractivity contribution in [3.63, 3.8) is 0 Å². The normalized spacial score (nSPS) is 8.23. The van der Waals surface area contributed by atoms with Crippen molar-refractivity contribution in [2.24, 2.45) is 0 Å². The number of H-pyrrole nitrogens is 1. The first-order valence-corrected chi connectivity index (χ1v) is 3.55. The van der Waals surface area contributed by atoms with E-state index in [2.05, 4.69) is 15.5 Å². The van der Waals surface area contributed by atoms with Crippen molar-refractivity contribution < 1.29 is 0 Å². The van der Waals surface area contributed by atoms with Gasteiger partial charge < -0.3 is 5.32 Å². The van der Waals surface area contributed by atoms with Gasteiger partial charge in [-0.05, 0) is 6.92 Å². The van der Waals surface area contributed by atoms with Crippen LogP contribution in [0.1, 0.15) is 5.69 Å². The van der Waals surface area contributed by atoms with Gasteiger partial charge in [0.25, 0.3) is 0 Å². The van der Waals surface area contributed by atoms with E-state index in [-0.39, 0.29) is 5.57 Å². The molecule has 2 N–H and O–H groups in total. The maximum absolute atomic E-state index is 8.40. The smallest absolute Gasteiger partial charge is 0.152 e. The highest BCUT2D eigenvalue weighted by Gasteiger charge is 1.95. The van der Waals surface area contributed by atoms with Crippen LogP contribution in [0.2, 0.25) is 0 Å². The molecule has 0 saturated carbocycles. The van der Waals surface area contributed by atoms with Gasteiger partial charge in [0.15, 0.2) is 5.82 Å². The topological polar surface area (TPSA) is 88.3 Å². The summed E-state index contributed by atoms with van der Waals surface area (Å²) in [6.07, 6.45) is 1.32. The van der Waals surface area contributed by atoms with Crippen molar-refractivity contribution in [1.82, 2.24) is 10.2 Å². The van der Waals surface area contributed by atoms with Crippen LogP contribution in [0.15, 0.2) is 17.8 Å². The van der Waals surface area contributed by atoms with Crippen LogP contribution in [0, 0.1) is 29.6 Å². The Hall–Kier alpha value is -2.27. The average Bonchev–Trinajstić information content (AvgIpc) is 2.53. The van der Waals surface area contributed by atoms with E-state index in [1.807, 2.05) is 6.92 Å². The van der Waals surface area contributed by atoms with E-state index in [4.69, 9.17) is 10.5 Å². The third kappa shape index (κ3) is 2.35. The van der Waals surface area contributed by atoms with E-state index in [0.29, 0.717) is 5.82 Å². The summed E-state index contributed by atoms with van der Waals surface area (Å²) in [5, 5.41) is 26.1. The lowest BCUT2D eigenvalue weighted by Crippen LogP contribution is -1.89. The lowest BCUT2D eigenvalue weighted by molar-refractivity contribution is 1.05. The number of hydrogen-bond donors (Lipinski definition) is 2. The summed E-state index contributed by atoms with van der Waals surface area (Å²) in [7, 11) is 0. The number of nitrogens with zero attached hydrogens (tertiary/aromatic N) is 3. The van der Waals surface area contributed by atoms with Gasteiger partial charge in [-0.2, -0.15) is 15.6 Å². The van der Waals surface area contributed by atoms with Gasteiger partial charge in [0.05, 0.1) is 0 Å². The van der Waals surface area contributed by atoms with E-state index < -0.39 is 0 Å². The zero-order valence-corrected chi connectivity index (χ0v) is 7.00. The molecule has 0 fully saturated rings. The van der Waals surface area contributed by atoms with E-state index in [1.165, 1.54) is 6.20 Å². The molecule has 5 heteroatoms. The van der Waals surface area contributed by atoms with Crippen LogP contribution in [-0.4, -0.2) is 10.2 Å². The summed E-state index contributed by atoms with van der Waals surface area (Å²) < 4.78 is 0. The van der Waals surface area contributed by atoms with E-state index in [9.17, 15) is 0 Å². The first kappa shape index (κ1) is 8.82. The number of nitrogens with one attached hydrogen (secondary N) is 2. The van der Waals surface area contributed by atoms with Gasteiger partial charge >= 0.3 is 0 Å². The van der Waals surface area contributed by atoms with Gasteiger partial charge in [-0.25, -0.2) is 0 Å². The lowest BCUT2D eigenvalue weighted by Gasteiger charge is -1.90. The van der Waals surface area contributed by atoms with Gasteiger partial charge in [-0.3, -0.25) is 5.10 Å². The summed E-state index contributed by atoms with van der Waals surface area (Å²) in [4.78, 5) is 0. The minimum absolute atomic E-state index is 0.0145. The number of aryl methyl sites for hydroxylation is 1. The van der Waals surface area contributed by atoms with Crippen molar-refractivity contribution in [1.29, 1.82) is 10.5 Å². The Morgan fingerprint density at radius 2 is 2.31 bits per heavy atom. The highest BCUT2D eigenvalue weighted by molar-refractivity contribution is 5.44. The van der Waals surface area contributed by atoms with Crippen molar-refractivity contribution in [2.45, 2.75) is 6.92 Å². The molecule has 0 atom stereocenters. The van der Waals surface area contributed by atoms with Crippen LogP contribution in [0.25, 0.3) is 0 Å². The summed E-state index contributed by atoms with van der Waals surface area (Å²) >= 11 is 0. The Morgan fingerprint density at radius 3 is 2.77 bits per heavy atom. The number of allylic oxidation sites excluding steroid dienone is 1. The van der Waals surface area contributed by atoms with Crippen LogP contribution in [0.5, 0.6) is 0 Å². The fourth-order valence-corrected chi connectivity index (χ4v) is 0.728. The standard InChI is InChI=1S/C8H7N5/c1-6-2-8(13-12-6)11-5-7(3-9)4-10/h2,5H,1H3,(H2,11,12,13). The summed E-state index contributed by atoms with van der Waals surface area (Å²) in [5.41, 5.74) is 0.923. The van der Waals surface area contributed by atoms with E-state index in [0.717, 1.165) is 5.69 Å². The van der Waals surface area contributed by atoms with E-state index >= 15 is 0 Å². The molecule has 0 amide bonds. The predicted octanol–water partition coefficient (Wildman–Crippen LogP) is 1.06. The lowest BCUT2D eigenvalue weighted by atomic mass is 10.3. The number of aromatic amines is 1. The molecule has 1 rings (SSSR count). The minimum atomic E-state index is 0.0145. The van der Waals surface area contributed by atoms with Gasteiger partial charge in [-0.15, -0.1) is 0 Å². The first-order chi connectivity index (χ1) is 6.26. The summed E-state index contributed by atoms with van der Waals surface area (Å²) in [6, 6.07) is 5.22. The molecule has 0 aliphatic carbocycles. The molecule has 0 unspecified atom stereocenters. The molecule has 0 spiro atoms. The molecule has 64 valence electrons. The first-order valence-electron chi connectivity index (χ1n) is 3.55. The molecule has 0 saturated heterocycles. The van der Waals surface area contributed by atoms with Gasteiger partial charge in [0, 0.05) is 18.0 Å². The molecule has 0 bridgehead atoms. The highest BCUT2D eigenvalue weighted by Crippen LogP contribution is 2.03. The van der Waals surface area contributed by atoms with Crippen molar-refractivity contribution in [3.05, 3.63) is 23.5 Å². The number of nitriles is 2. The minimum Gasteiger partial charge on any atom is -0.343 e. The average molecular weight is 173 g/mol. The van der Waals surface area contributed by atoms with Crippen LogP contribution in [0.3, 0.4) is 0 Å². The van der Waals surface area contributed by atoms with Crippen molar-refractivity contribution in [2.75, 3.05) is 5.32 Å². The molecule has 1 aromatic heterocycles. The van der Waals surface area contributed by atoms with Crippen molar-refractivity contribution >= 4 is 5.82 Å². The Bertz CT molecular complexity index is 385. The second kappa shape index (κ2) is 3.93. The molecule has 0 aromatic carbocycles. The highest BCUT2D eigenvalue weighted by atomic mass is 15.2. The Labute approximate surface area is 75.3 Å². The monoisotopic (exact) mass is 173 g/mol. The van der Waals surface area contributed by atoms with Crippen molar-refractivity contribution in [3.8, 4) is 12.1 Å². The van der Waals surface area contributed by atoms with Crippen LogP contribution >= 0.6 is 0 Å². The Balaban J connectivity index is 2.68. The van der Waals surface area contributed by atoms with Gasteiger partial charge in [-0.1, -0.05) is 0 Å². The number of aromatic nitrogens is 2. The maximum Gasteiger partial charge on any atom is 0.152 e. The molecular formula is C8H7N5. The Kier molecular flexibility index (Phi) is 2.67. The van der Waals surface area contributed by atoms with Gasteiger partial charge in [0.2, 0.25) is 0 Å². The fraction of sp³-hybridized carbons (Fsp3) is 0.125. The zero-order chi connectivity index (χ0) is 9.68. The molecule has 0 aliphatic rings.